The Kier molecular flexibility index (Phi) is 3.69. The summed E-state index contributed by atoms with van der Waals surface area (Å²) in [6.45, 7) is 2.86. The third-order valence-electron chi connectivity index (χ3n) is 3.63. The summed E-state index contributed by atoms with van der Waals surface area (Å²) in [4.78, 5) is 17.8. The topological polar surface area (TPSA) is 71.2 Å². The third kappa shape index (κ3) is 2.55. The van der Waals surface area contributed by atoms with E-state index in [0.29, 0.717) is 12.6 Å². The van der Waals surface area contributed by atoms with E-state index in [1.165, 1.54) is 0 Å². The number of primary amides is 1. The van der Waals surface area contributed by atoms with Gasteiger partial charge < -0.3 is 16.0 Å². The minimum Gasteiger partial charge on any atom is -0.387 e. The van der Waals surface area contributed by atoms with Crippen LogP contribution < -0.4 is 16.0 Å². The lowest BCUT2D eigenvalue weighted by atomic mass is 9.92. The van der Waals surface area contributed by atoms with Crippen molar-refractivity contribution < 1.29 is 4.79 Å². The number of piperidine rings is 1. The number of amides is 1. The van der Waals surface area contributed by atoms with Crippen LogP contribution in [0.4, 0.5) is 11.4 Å². The molecule has 1 amide bonds. The maximum absolute atomic E-state index is 11.3. The molecule has 1 saturated heterocycles. The van der Waals surface area contributed by atoms with Crippen LogP contribution in [0.3, 0.4) is 0 Å². The monoisotopic (exact) mass is 248 g/mol. The largest absolute Gasteiger partial charge is 0.387 e. The van der Waals surface area contributed by atoms with Gasteiger partial charge in [0.2, 0.25) is 5.91 Å². The van der Waals surface area contributed by atoms with Crippen molar-refractivity contribution in [2.24, 2.45) is 11.7 Å². The molecule has 2 heterocycles. The molecule has 2 atom stereocenters. The zero-order chi connectivity index (χ0) is 13.1. The van der Waals surface area contributed by atoms with Gasteiger partial charge in [0.05, 0.1) is 29.7 Å². The van der Waals surface area contributed by atoms with E-state index in [1.807, 2.05) is 19.3 Å². The van der Waals surface area contributed by atoms with Gasteiger partial charge in [0.15, 0.2) is 0 Å². The normalized spacial score (nSPS) is 23.8. The summed E-state index contributed by atoms with van der Waals surface area (Å²) in [6.07, 6.45) is 5.48. The van der Waals surface area contributed by atoms with Crippen LogP contribution in [-0.4, -0.2) is 30.5 Å². The highest BCUT2D eigenvalue weighted by Crippen LogP contribution is 2.28. The molecular formula is C13H20N4O. The Morgan fingerprint density at radius 2 is 2.28 bits per heavy atom. The van der Waals surface area contributed by atoms with Crippen molar-refractivity contribution in [2.45, 2.75) is 25.8 Å². The number of nitrogens with zero attached hydrogens (tertiary/aromatic N) is 2. The lowest BCUT2D eigenvalue weighted by molar-refractivity contribution is -0.122. The fourth-order valence-corrected chi connectivity index (χ4v) is 2.42. The minimum absolute atomic E-state index is 0.0561. The van der Waals surface area contributed by atoms with Gasteiger partial charge in [0.1, 0.15) is 0 Å². The zero-order valence-electron chi connectivity index (χ0n) is 10.9. The van der Waals surface area contributed by atoms with Crippen LogP contribution in [0, 0.1) is 5.92 Å². The van der Waals surface area contributed by atoms with Gasteiger partial charge in [-0.2, -0.15) is 0 Å². The smallest absolute Gasteiger partial charge is 0.222 e. The molecule has 0 spiro atoms. The van der Waals surface area contributed by atoms with Gasteiger partial charge in [-0.05, 0) is 25.8 Å². The van der Waals surface area contributed by atoms with Crippen molar-refractivity contribution in [1.29, 1.82) is 0 Å². The lowest BCUT2D eigenvalue weighted by Crippen LogP contribution is -2.45. The number of pyridine rings is 1. The first-order valence-electron chi connectivity index (χ1n) is 6.30. The quantitative estimate of drug-likeness (QED) is 0.843. The number of rotatable bonds is 3. The van der Waals surface area contributed by atoms with Crippen LogP contribution in [-0.2, 0) is 4.79 Å². The molecule has 1 aliphatic rings. The fourth-order valence-electron chi connectivity index (χ4n) is 2.42. The van der Waals surface area contributed by atoms with E-state index < -0.39 is 0 Å². The molecule has 0 aromatic carbocycles. The molecular weight excluding hydrogens is 228 g/mol. The highest BCUT2D eigenvalue weighted by Gasteiger charge is 2.28. The Hall–Kier alpha value is -1.78. The van der Waals surface area contributed by atoms with E-state index >= 15 is 0 Å². The molecule has 1 fully saturated rings. The molecule has 0 radical (unpaired) electrons. The molecule has 1 aliphatic heterocycles. The Morgan fingerprint density at radius 3 is 2.94 bits per heavy atom. The summed E-state index contributed by atoms with van der Waals surface area (Å²) in [7, 11) is 1.87. The van der Waals surface area contributed by atoms with E-state index in [4.69, 9.17) is 5.73 Å². The average molecular weight is 248 g/mol. The van der Waals surface area contributed by atoms with Gasteiger partial charge in [-0.15, -0.1) is 0 Å². The van der Waals surface area contributed by atoms with Crippen molar-refractivity contribution in [3.63, 3.8) is 0 Å². The Balaban J connectivity index is 2.21. The molecule has 2 unspecified atom stereocenters. The van der Waals surface area contributed by atoms with Crippen molar-refractivity contribution in [3.05, 3.63) is 18.5 Å². The van der Waals surface area contributed by atoms with Crippen LogP contribution >= 0.6 is 0 Å². The number of anilines is 2. The predicted octanol–water partition coefficient (Wildman–Crippen LogP) is 1.21. The molecule has 18 heavy (non-hydrogen) atoms. The molecule has 5 nitrogen and oxygen atoms in total. The van der Waals surface area contributed by atoms with Crippen molar-refractivity contribution >= 4 is 17.3 Å². The number of carbonyl (C=O) groups excluding carboxylic acids is 1. The van der Waals surface area contributed by atoms with Gasteiger partial charge in [0, 0.05) is 19.6 Å². The molecule has 0 aliphatic carbocycles. The van der Waals surface area contributed by atoms with Crippen LogP contribution in [0.2, 0.25) is 0 Å². The lowest BCUT2D eigenvalue weighted by Gasteiger charge is -2.38. The van der Waals surface area contributed by atoms with E-state index in [2.05, 4.69) is 22.1 Å². The summed E-state index contributed by atoms with van der Waals surface area (Å²) in [5.74, 6) is -0.260. The van der Waals surface area contributed by atoms with Crippen molar-refractivity contribution in [2.75, 3.05) is 23.8 Å². The Bertz CT molecular complexity index is 435. The van der Waals surface area contributed by atoms with Gasteiger partial charge in [-0.25, -0.2) is 0 Å². The summed E-state index contributed by atoms with van der Waals surface area (Å²) in [5, 5.41) is 3.07. The molecule has 2 rings (SSSR count). The third-order valence-corrected chi connectivity index (χ3v) is 3.63. The standard InChI is InChI=1S/C13H20N4O/c1-9-3-4-10(13(14)18)8-17(9)12-5-11(15-2)6-16-7-12/h5-7,9-10,15H,3-4,8H2,1-2H3,(H2,14,18). The second-order valence-electron chi connectivity index (χ2n) is 4.86. The van der Waals surface area contributed by atoms with Crippen molar-refractivity contribution in [3.8, 4) is 0 Å². The fraction of sp³-hybridized carbons (Fsp3) is 0.538. The van der Waals surface area contributed by atoms with Gasteiger partial charge in [-0.1, -0.05) is 0 Å². The van der Waals surface area contributed by atoms with E-state index in [0.717, 1.165) is 24.2 Å². The number of nitrogens with two attached hydrogens (primary N) is 1. The number of aromatic nitrogens is 1. The number of nitrogens with one attached hydrogen (secondary N) is 1. The van der Waals surface area contributed by atoms with Crippen LogP contribution in [0.5, 0.6) is 0 Å². The maximum atomic E-state index is 11.3. The molecule has 1 aromatic heterocycles. The molecule has 5 heteroatoms. The number of carbonyl (C=O) groups is 1. The second-order valence-corrected chi connectivity index (χ2v) is 4.86. The Morgan fingerprint density at radius 1 is 1.50 bits per heavy atom. The SMILES string of the molecule is CNc1cncc(N2CC(C(N)=O)CCC2C)c1. The number of hydrogen-bond donors (Lipinski definition) is 2. The van der Waals surface area contributed by atoms with Crippen LogP contribution in [0.1, 0.15) is 19.8 Å². The minimum atomic E-state index is -0.204. The molecule has 1 aromatic rings. The first kappa shape index (κ1) is 12.7. The molecule has 0 saturated carbocycles. The summed E-state index contributed by atoms with van der Waals surface area (Å²) in [6, 6.07) is 2.46. The second kappa shape index (κ2) is 5.25. The molecule has 98 valence electrons. The van der Waals surface area contributed by atoms with Gasteiger partial charge >= 0.3 is 0 Å². The van der Waals surface area contributed by atoms with Gasteiger partial charge in [-0.3, -0.25) is 9.78 Å². The molecule has 3 N–H and O–H groups in total. The highest BCUT2D eigenvalue weighted by atomic mass is 16.1. The van der Waals surface area contributed by atoms with E-state index in [9.17, 15) is 4.79 Å². The average Bonchev–Trinajstić information content (AvgIpc) is 2.39. The van der Waals surface area contributed by atoms with Crippen LogP contribution in [0.25, 0.3) is 0 Å². The van der Waals surface area contributed by atoms with Crippen molar-refractivity contribution in [1.82, 2.24) is 4.98 Å². The zero-order valence-corrected chi connectivity index (χ0v) is 10.9. The summed E-state index contributed by atoms with van der Waals surface area (Å²) in [5.41, 5.74) is 7.43. The van der Waals surface area contributed by atoms with Crippen LogP contribution in [0.15, 0.2) is 18.5 Å². The first-order valence-corrected chi connectivity index (χ1v) is 6.30. The van der Waals surface area contributed by atoms with E-state index in [-0.39, 0.29) is 11.8 Å². The first-order chi connectivity index (χ1) is 8.61. The maximum Gasteiger partial charge on any atom is 0.222 e. The number of hydrogen-bond acceptors (Lipinski definition) is 4. The van der Waals surface area contributed by atoms with E-state index in [1.54, 1.807) is 6.20 Å². The summed E-state index contributed by atoms with van der Waals surface area (Å²) < 4.78 is 0. The van der Waals surface area contributed by atoms with Gasteiger partial charge in [0.25, 0.3) is 0 Å². The molecule has 0 bridgehead atoms. The summed E-state index contributed by atoms with van der Waals surface area (Å²) >= 11 is 0. The highest BCUT2D eigenvalue weighted by molar-refractivity contribution is 5.77. The Labute approximate surface area is 107 Å². The predicted molar refractivity (Wildman–Crippen MR) is 72.5 cm³/mol.